The summed E-state index contributed by atoms with van der Waals surface area (Å²) in [6, 6.07) is 8.86. The Bertz CT molecular complexity index is 1990. The second-order valence-corrected chi connectivity index (χ2v) is 22.3. The van der Waals surface area contributed by atoms with Crippen molar-refractivity contribution in [3.63, 3.8) is 0 Å². The third kappa shape index (κ3) is 11.7. The number of nitrogens with zero attached hydrogens (tertiary/aromatic N) is 5. The minimum Gasteiger partial charge on any atom is -0.361 e. The molecule has 51 heavy (non-hydrogen) atoms. The van der Waals surface area contributed by atoms with Gasteiger partial charge in [-0.1, -0.05) is 31.8 Å². The van der Waals surface area contributed by atoms with Crippen molar-refractivity contribution >= 4 is 69.7 Å². The lowest BCUT2D eigenvalue weighted by atomic mass is 10.1. The van der Waals surface area contributed by atoms with Crippen LogP contribution in [-0.4, -0.2) is 67.1 Å². The summed E-state index contributed by atoms with van der Waals surface area (Å²) in [5, 5.41) is 9.14. The fourth-order valence-electron chi connectivity index (χ4n) is 4.82. The van der Waals surface area contributed by atoms with Crippen LogP contribution >= 0.6 is 15.9 Å². The van der Waals surface area contributed by atoms with E-state index in [1.54, 1.807) is 24.8 Å². The Kier molecular flexibility index (Phi) is 12.4. The molecule has 0 bridgehead atoms. The van der Waals surface area contributed by atoms with Crippen LogP contribution in [0, 0.1) is 0 Å². The van der Waals surface area contributed by atoms with E-state index in [9.17, 15) is 9.59 Å². The number of nitrogens with one attached hydrogen (secondary N) is 4. The van der Waals surface area contributed by atoms with Crippen molar-refractivity contribution in [3.05, 3.63) is 70.3 Å². The Hall–Kier alpha value is -4.18. The van der Waals surface area contributed by atoms with Gasteiger partial charge in [-0.15, -0.1) is 0 Å². The number of anilines is 2. The molecule has 13 nitrogen and oxygen atoms in total. The maximum absolute atomic E-state index is 12.6. The summed E-state index contributed by atoms with van der Waals surface area (Å²) in [5.41, 5.74) is 10.5. The summed E-state index contributed by atoms with van der Waals surface area (Å²) >= 11 is 3.33. The third-order valence-electron chi connectivity index (χ3n) is 7.29. The maximum Gasteiger partial charge on any atom is 0.255 e. The molecule has 0 saturated carbocycles. The molecule has 4 aromatic heterocycles. The largest absolute Gasteiger partial charge is 0.361 e. The SMILES string of the molecule is CC(C)(C)NC(=O)c1cn(COCC[Si](C)(C)C)c2ncc(Br)nc12.CC(N)c1cccc(Nc2cnc3[nH]cc(C(=O)NC(C)(C)C)c3n2)c1. The number of benzene rings is 1. The number of H-pyrrole nitrogens is 1. The first-order chi connectivity index (χ1) is 23.7. The Balaban J connectivity index is 0.000000229. The van der Waals surface area contributed by atoms with Gasteiger partial charge in [0, 0.05) is 49.9 Å². The van der Waals surface area contributed by atoms with E-state index in [0.717, 1.165) is 17.3 Å². The summed E-state index contributed by atoms with van der Waals surface area (Å²) in [6.07, 6.45) is 6.66. The lowest BCUT2D eigenvalue weighted by Gasteiger charge is -2.20. The minimum atomic E-state index is -1.13. The number of aromatic nitrogens is 6. The van der Waals surface area contributed by atoms with Crippen LogP contribution in [-0.2, 0) is 11.5 Å². The quantitative estimate of drug-likeness (QED) is 0.0720. The van der Waals surface area contributed by atoms with E-state index in [-0.39, 0.29) is 28.9 Å². The summed E-state index contributed by atoms with van der Waals surface area (Å²) in [4.78, 5) is 45.9. The highest BCUT2D eigenvalue weighted by atomic mass is 79.9. The molecule has 0 spiro atoms. The van der Waals surface area contributed by atoms with Crippen molar-refractivity contribution in [2.45, 2.75) is 98.0 Å². The Labute approximate surface area is 309 Å². The molecule has 1 unspecified atom stereocenters. The van der Waals surface area contributed by atoms with Crippen molar-refractivity contribution in [3.8, 4) is 0 Å². The van der Waals surface area contributed by atoms with Crippen molar-refractivity contribution in [1.82, 2.24) is 40.1 Å². The van der Waals surface area contributed by atoms with E-state index in [2.05, 4.69) is 76.4 Å². The van der Waals surface area contributed by atoms with E-state index >= 15 is 0 Å². The zero-order chi connectivity index (χ0) is 37.7. The number of fused-ring (bicyclic) bond motifs is 2. The molecule has 0 aliphatic carbocycles. The summed E-state index contributed by atoms with van der Waals surface area (Å²) in [6.45, 7) is 21.6. The number of amides is 2. The van der Waals surface area contributed by atoms with Crippen LogP contribution in [0.15, 0.2) is 53.7 Å². The number of hydrogen-bond donors (Lipinski definition) is 5. The van der Waals surface area contributed by atoms with Crippen LogP contribution < -0.4 is 21.7 Å². The number of carbonyl (C=O) groups is 2. The molecule has 0 fully saturated rings. The zero-order valence-electron chi connectivity index (χ0n) is 31.2. The molecule has 5 rings (SSSR count). The monoisotopic (exact) mass is 778 g/mol. The maximum atomic E-state index is 12.6. The molecule has 0 aliphatic heterocycles. The molecule has 1 aromatic carbocycles. The molecule has 0 saturated heterocycles. The molecule has 4 heterocycles. The van der Waals surface area contributed by atoms with Crippen LogP contribution in [0.1, 0.15) is 80.8 Å². The van der Waals surface area contributed by atoms with E-state index < -0.39 is 8.07 Å². The van der Waals surface area contributed by atoms with Crippen molar-refractivity contribution < 1.29 is 14.3 Å². The van der Waals surface area contributed by atoms with Gasteiger partial charge in [0.05, 0.1) is 23.5 Å². The van der Waals surface area contributed by atoms with Crippen LogP contribution in [0.25, 0.3) is 22.3 Å². The van der Waals surface area contributed by atoms with Crippen LogP contribution in [0.3, 0.4) is 0 Å². The minimum absolute atomic E-state index is 0.0531. The summed E-state index contributed by atoms with van der Waals surface area (Å²) in [7, 11) is -1.13. The van der Waals surface area contributed by atoms with Gasteiger partial charge in [0.1, 0.15) is 28.2 Å². The second-order valence-electron chi connectivity index (χ2n) is 15.8. The summed E-state index contributed by atoms with van der Waals surface area (Å²) < 4.78 is 8.26. The molecule has 15 heteroatoms. The number of ether oxygens (including phenoxy) is 1. The third-order valence-corrected chi connectivity index (χ3v) is 9.38. The summed E-state index contributed by atoms with van der Waals surface area (Å²) in [5.74, 6) is 0.212. The van der Waals surface area contributed by atoms with Gasteiger partial charge >= 0.3 is 0 Å². The van der Waals surface area contributed by atoms with Crippen LogP contribution in [0.2, 0.25) is 25.7 Å². The fourth-order valence-corrected chi connectivity index (χ4v) is 5.86. The van der Waals surface area contributed by atoms with Crippen molar-refractivity contribution in [1.29, 1.82) is 0 Å². The molecular formula is C36H51BrN10O3Si. The molecule has 1 atom stereocenters. The van der Waals surface area contributed by atoms with E-state index in [0.29, 0.717) is 57.2 Å². The first-order valence-corrected chi connectivity index (χ1v) is 21.4. The van der Waals surface area contributed by atoms with Crippen molar-refractivity contribution in [2.24, 2.45) is 5.73 Å². The predicted molar refractivity (Wildman–Crippen MR) is 210 cm³/mol. The number of carbonyl (C=O) groups excluding carboxylic acids is 2. The van der Waals surface area contributed by atoms with Crippen LogP contribution in [0.4, 0.5) is 11.5 Å². The number of halogens is 1. The van der Waals surface area contributed by atoms with E-state index in [1.165, 1.54) is 0 Å². The highest BCUT2D eigenvalue weighted by molar-refractivity contribution is 9.10. The van der Waals surface area contributed by atoms with Gasteiger partial charge in [-0.3, -0.25) is 9.59 Å². The molecule has 6 N–H and O–H groups in total. The van der Waals surface area contributed by atoms with Gasteiger partial charge < -0.3 is 36.0 Å². The van der Waals surface area contributed by atoms with E-state index in [4.69, 9.17) is 10.5 Å². The Morgan fingerprint density at radius 3 is 2.27 bits per heavy atom. The van der Waals surface area contributed by atoms with Gasteiger partial charge in [0.15, 0.2) is 11.3 Å². The smallest absolute Gasteiger partial charge is 0.255 e. The first-order valence-electron chi connectivity index (χ1n) is 16.9. The Morgan fingerprint density at radius 1 is 0.980 bits per heavy atom. The second kappa shape index (κ2) is 16.0. The molecule has 2 amide bonds. The van der Waals surface area contributed by atoms with Gasteiger partial charge in [-0.2, -0.15) is 0 Å². The Morgan fingerprint density at radius 2 is 1.65 bits per heavy atom. The highest BCUT2D eigenvalue weighted by Crippen LogP contribution is 2.23. The average Bonchev–Trinajstić information content (AvgIpc) is 3.59. The van der Waals surface area contributed by atoms with Gasteiger partial charge in [-0.25, -0.2) is 19.9 Å². The molecule has 5 aromatic rings. The van der Waals surface area contributed by atoms with Gasteiger partial charge in [-0.05, 0) is 88.1 Å². The average molecular weight is 780 g/mol. The molecule has 0 aliphatic rings. The van der Waals surface area contributed by atoms with Gasteiger partial charge in [0.25, 0.3) is 11.8 Å². The topological polar surface area (TPSA) is 178 Å². The van der Waals surface area contributed by atoms with Crippen molar-refractivity contribution in [2.75, 3.05) is 11.9 Å². The number of aromatic amines is 1. The van der Waals surface area contributed by atoms with Crippen LogP contribution in [0.5, 0.6) is 0 Å². The standard InChI is InChI=1S/C19H24N6O.C17H27BrN4O2Si/c1-11(20)12-6-5-7-13(8-12)23-15-10-22-17-16(24-15)14(9-21-17)18(26)25-19(2,3)4;1-17(2,3)21-16(23)12-10-22(11-24-7-8-25(4,5)6)15-14(12)20-13(18)9-19-15/h5-11H,20H2,1-4H3,(H,21,22)(H,23,24)(H,25,26);9-10H,7-8,11H2,1-6H3,(H,21,23). The van der Waals surface area contributed by atoms with E-state index in [1.807, 2.05) is 77.3 Å². The molecule has 274 valence electrons. The predicted octanol–water partition coefficient (Wildman–Crippen LogP) is 7.28. The number of nitrogens with two attached hydrogens (primary N) is 1. The van der Waals surface area contributed by atoms with Gasteiger partial charge in [0.2, 0.25) is 0 Å². The first kappa shape index (κ1) is 39.6. The lowest BCUT2D eigenvalue weighted by Crippen LogP contribution is -2.40. The number of hydrogen-bond acceptors (Lipinski definition) is 9. The normalized spacial score (nSPS) is 12.7. The lowest BCUT2D eigenvalue weighted by molar-refractivity contribution is 0.0884. The fraction of sp³-hybridized carbons (Fsp3) is 0.444. The highest BCUT2D eigenvalue weighted by Gasteiger charge is 2.23. The molecular weight excluding hydrogens is 728 g/mol. The molecule has 0 radical (unpaired) electrons. The zero-order valence-corrected chi connectivity index (χ0v) is 33.8. The number of rotatable bonds is 10.